The van der Waals surface area contributed by atoms with E-state index in [0.29, 0.717) is 25.2 Å². The minimum absolute atomic E-state index is 0.0245. The number of carbonyl (C=O) groups excluding carboxylic acids is 1. The average molecular weight is 370 g/mol. The van der Waals surface area contributed by atoms with E-state index in [4.69, 9.17) is 0 Å². The Balaban J connectivity index is 1.53. The predicted molar refractivity (Wildman–Crippen MR) is 104 cm³/mol. The number of anilines is 1. The Bertz CT molecular complexity index is 1010. The number of benzene rings is 2. The maximum Gasteiger partial charge on any atom is 0.329 e. The molecule has 3 aromatic rings. The summed E-state index contributed by atoms with van der Waals surface area (Å²) in [6, 6.07) is 14.0. The number of hydrogen-bond acceptors (Lipinski definition) is 3. The summed E-state index contributed by atoms with van der Waals surface area (Å²) in [4.78, 5) is 26.4. The van der Waals surface area contributed by atoms with Gasteiger partial charge in [-0.2, -0.15) is 0 Å². The highest BCUT2D eigenvalue weighted by atomic mass is 19.1. The van der Waals surface area contributed by atoms with Crippen LogP contribution in [0.15, 0.2) is 53.3 Å². The molecule has 0 aliphatic rings. The van der Waals surface area contributed by atoms with Crippen molar-refractivity contribution in [2.45, 2.75) is 13.0 Å². The summed E-state index contributed by atoms with van der Waals surface area (Å²) in [6.45, 7) is 1.04. The van der Waals surface area contributed by atoms with E-state index in [2.05, 4.69) is 5.32 Å². The van der Waals surface area contributed by atoms with Gasteiger partial charge < -0.3 is 10.2 Å². The van der Waals surface area contributed by atoms with Crippen molar-refractivity contribution in [2.75, 3.05) is 25.0 Å². The molecule has 0 fully saturated rings. The third-order valence-electron chi connectivity index (χ3n) is 4.61. The highest BCUT2D eigenvalue weighted by Gasteiger charge is 2.13. The number of nitrogens with one attached hydrogen (secondary N) is 1. The van der Waals surface area contributed by atoms with E-state index in [1.54, 1.807) is 25.2 Å². The van der Waals surface area contributed by atoms with Crippen LogP contribution in [0.2, 0.25) is 0 Å². The molecule has 0 aliphatic carbocycles. The normalized spacial score (nSPS) is 10.9. The molecule has 0 atom stereocenters. The summed E-state index contributed by atoms with van der Waals surface area (Å²) < 4.78 is 16.7. The Labute approximate surface area is 156 Å². The van der Waals surface area contributed by atoms with Crippen molar-refractivity contribution in [3.63, 3.8) is 0 Å². The number of hydrogen-bond donors (Lipinski definition) is 1. The van der Waals surface area contributed by atoms with E-state index in [1.807, 2.05) is 36.2 Å². The molecule has 7 heteroatoms. The lowest BCUT2D eigenvalue weighted by molar-refractivity contribution is -0.121. The van der Waals surface area contributed by atoms with E-state index in [0.717, 1.165) is 11.0 Å². The van der Waals surface area contributed by atoms with Gasteiger partial charge in [0.25, 0.3) is 0 Å². The lowest BCUT2D eigenvalue weighted by Gasteiger charge is -2.19. The van der Waals surface area contributed by atoms with Crippen molar-refractivity contribution < 1.29 is 9.18 Å². The topological polar surface area (TPSA) is 59.3 Å². The smallest absolute Gasteiger partial charge is 0.329 e. The molecule has 0 unspecified atom stereocenters. The number of rotatable bonds is 7. The molecule has 3 rings (SSSR count). The number of nitrogens with zero attached hydrogens (tertiary/aromatic N) is 3. The number of aromatic nitrogens is 2. The zero-order valence-electron chi connectivity index (χ0n) is 15.5. The first-order valence-corrected chi connectivity index (χ1v) is 8.85. The van der Waals surface area contributed by atoms with Gasteiger partial charge in [0, 0.05) is 27.2 Å². The third kappa shape index (κ3) is 4.02. The van der Waals surface area contributed by atoms with Gasteiger partial charge in [0.15, 0.2) is 0 Å². The minimum Gasteiger partial charge on any atom is -0.372 e. The molecule has 1 aromatic heterocycles. The fourth-order valence-electron chi connectivity index (χ4n) is 3.14. The summed E-state index contributed by atoms with van der Waals surface area (Å²) in [6.07, 6.45) is 0.668. The molecule has 1 heterocycles. The van der Waals surface area contributed by atoms with Crippen molar-refractivity contribution in [3.05, 3.63) is 64.8 Å². The van der Waals surface area contributed by atoms with Gasteiger partial charge in [0.2, 0.25) is 5.91 Å². The van der Waals surface area contributed by atoms with Gasteiger partial charge in [-0.05, 0) is 30.7 Å². The fourth-order valence-corrected chi connectivity index (χ4v) is 3.14. The molecule has 0 radical (unpaired) electrons. The Morgan fingerprint density at radius 2 is 1.78 bits per heavy atom. The molecular formula is C20H23FN4O2. The second-order valence-corrected chi connectivity index (χ2v) is 6.49. The molecule has 0 aliphatic heterocycles. The van der Waals surface area contributed by atoms with Crippen molar-refractivity contribution in [1.29, 1.82) is 0 Å². The summed E-state index contributed by atoms with van der Waals surface area (Å²) in [7, 11) is 3.51. The second kappa shape index (κ2) is 8.07. The predicted octanol–water partition coefficient (Wildman–Crippen LogP) is 2.12. The lowest BCUT2D eigenvalue weighted by atomic mass is 10.2. The van der Waals surface area contributed by atoms with Crippen LogP contribution in [-0.2, 0) is 18.4 Å². The maximum atomic E-state index is 13.7. The minimum atomic E-state index is -0.264. The van der Waals surface area contributed by atoms with Crippen LogP contribution in [0, 0.1) is 5.82 Å². The third-order valence-corrected chi connectivity index (χ3v) is 4.61. The Kier molecular flexibility index (Phi) is 5.59. The van der Waals surface area contributed by atoms with Crippen LogP contribution < -0.4 is 15.9 Å². The number of carbonyl (C=O) groups is 1. The van der Waals surface area contributed by atoms with Gasteiger partial charge in [-0.15, -0.1) is 0 Å². The number of imidazole rings is 1. The molecule has 27 heavy (non-hydrogen) atoms. The molecule has 1 amide bonds. The maximum absolute atomic E-state index is 13.7. The molecule has 0 spiro atoms. The van der Waals surface area contributed by atoms with Crippen LogP contribution in [0.5, 0.6) is 0 Å². The molecule has 2 aromatic carbocycles. The molecule has 1 N–H and O–H groups in total. The van der Waals surface area contributed by atoms with Gasteiger partial charge in [-0.1, -0.05) is 24.3 Å². The molecule has 0 saturated carbocycles. The van der Waals surface area contributed by atoms with Crippen LogP contribution in [-0.4, -0.2) is 35.2 Å². The zero-order valence-corrected chi connectivity index (χ0v) is 15.5. The van der Waals surface area contributed by atoms with Crippen molar-refractivity contribution in [2.24, 2.45) is 7.05 Å². The van der Waals surface area contributed by atoms with Gasteiger partial charge in [-0.3, -0.25) is 13.9 Å². The summed E-state index contributed by atoms with van der Waals surface area (Å²) in [5, 5.41) is 2.83. The number of halogens is 1. The van der Waals surface area contributed by atoms with E-state index >= 15 is 0 Å². The molecule has 6 nitrogen and oxygen atoms in total. The van der Waals surface area contributed by atoms with Gasteiger partial charge in [0.1, 0.15) is 12.4 Å². The van der Waals surface area contributed by atoms with E-state index in [1.165, 1.54) is 15.2 Å². The number of aryl methyl sites for hydroxylation is 1. The van der Waals surface area contributed by atoms with E-state index in [9.17, 15) is 14.0 Å². The first-order chi connectivity index (χ1) is 13.0. The van der Waals surface area contributed by atoms with Crippen molar-refractivity contribution in [3.8, 4) is 0 Å². The monoisotopic (exact) mass is 370 g/mol. The molecule has 142 valence electrons. The van der Waals surface area contributed by atoms with Gasteiger partial charge in [-0.25, -0.2) is 9.18 Å². The number of amides is 1. The molecular weight excluding hydrogens is 347 g/mol. The van der Waals surface area contributed by atoms with Crippen LogP contribution in [0.4, 0.5) is 10.1 Å². The van der Waals surface area contributed by atoms with Gasteiger partial charge in [0.05, 0.1) is 16.7 Å². The number of para-hydroxylation sites is 3. The summed E-state index contributed by atoms with van der Waals surface area (Å²) in [5.41, 5.74) is 1.85. The van der Waals surface area contributed by atoms with Crippen LogP contribution in [0.25, 0.3) is 11.0 Å². The Morgan fingerprint density at radius 3 is 2.52 bits per heavy atom. The Hall–Kier alpha value is -3.09. The average Bonchev–Trinajstić information content (AvgIpc) is 2.91. The summed E-state index contributed by atoms with van der Waals surface area (Å²) in [5.74, 6) is -0.485. The van der Waals surface area contributed by atoms with Crippen molar-refractivity contribution in [1.82, 2.24) is 14.5 Å². The largest absolute Gasteiger partial charge is 0.372 e. The fraction of sp³-hybridized carbons (Fsp3) is 0.300. The summed E-state index contributed by atoms with van der Waals surface area (Å²) >= 11 is 0. The van der Waals surface area contributed by atoms with E-state index < -0.39 is 0 Å². The standard InChI is InChI=1S/C20H23FN4O2/c1-23(16-9-4-3-8-15(16)21)13-7-12-22-19(26)14-25-18-11-6-5-10-17(18)24(2)20(25)27/h3-6,8-11H,7,12-14H2,1-2H3,(H,22,26). The lowest BCUT2D eigenvalue weighted by Crippen LogP contribution is -2.34. The first-order valence-electron chi connectivity index (χ1n) is 8.85. The number of fused-ring (bicyclic) bond motifs is 1. The SMILES string of the molecule is CN(CCCNC(=O)Cn1c(=O)n(C)c2ccccc21)c1ccccc1F. The van der Waals surface area contributed by atoms with Crippen molar-refractivity contribution >= 4 is 22.6 Å². The van der Waals surface area contributed by atoms with Crippen LogP contribution >= 0.6 is 0 Å². The second-order valence-electron chi connectivity index (χ2n) is 6.49. The first kappa shape index (κ1) is 18.7. The van der Waals surface area contributed by atoms with Crippen LogP contribution in [0.1, 0.15) is 6.42 Å². The highest BCUT2D eigenvalue weighted by molar-refractivity contribution is 5.80. The Morgan fingerprint density at radius 1 is 1.11 bits per heavy atom. The molecule has 0 saturated heterocycles. The van der Waals surface area contributed by atoms with E-state index in [-0.39, 0.29) is 24.0 Å². The van der Waals surface area contributed by atoms with Crippen LogP contribution in [0.3, 0.4) is 0 Å². The molecule has 0 bridgehead atoms. The quantitative estimate of drug-likeness (QED) is 0.648. The highest BCUT2D eigenvalue weighted by Crippen LogP contribution is 2.16. The van der Waals surface area contributed by atoms with Gasteiger partial charge >= 0.3 is 5.69 Å². The zero-order chi connectivity index (χ0) is 19.4.